The number of benzene rings is 1. The number of nitrogens with one attached hydrogen (secondary N) is 1. The molecule has 3 N–H and O–H groups in total. The van der Waals surface area contributed by atoms with Crippen LogP contribution in [0.4, 0.5) is 13.2 Å². The van der Waals surface area contributed by atoms with Crippen molar-refractivity contribution in [2.45, 2.75) is 12.6 Å². The third-order valence-electron chi connectivity index (χ3n) is 2.65. The number of pyridine rings is 1. The number of hydrogen-bond acceptors (Lipinski definition) is 2. The Morgan fingerprint density at radius 3 is 2.61 bits per heavy atom. The predicted octanol–water partition coefficient (Wildman–Crippen LogP) is 2.05. The largest absolute Gasteiger partial charge is 0.417 e. The van der Waals surface area contributed by atoms with Crippen LogP contribution in [0.25, 0.3) is 10.8 Å². The first-order valence-electron chi connectivity index (χ1n) is 5.35. The highest BCUT2D eigenvalue weighted by atomic mass is 19.4. The molecule has 2 rings (SSSR count). The molecule has 0 saturated heterocycles. The van der Waals surface area contributed by atoms with Crippen LogP contribution in [0.15, 0.2) is 29.1 Å². The fourth-order valence-electron chi connectivity index (χ4n) is 1.90. The van der Waals surface area contributed by atoms with Crippen molar-refractivity contribution >= 4 is 10.8 Å². The molecule has 1 aromatic carbocycles. The van der Waals surface area contributed by atoms with E-state index in [1.165, 1.54) is 18.2 Å². The second-order valence-corrected chi connectivity index (χ2v) is 3.93. The van der Waals surface area contributed by atoms with Crippen molar-refractivity contribution in [2.75, 3.05) is 6.54 Å². The molecule has 18 heavy (non-hydrogen) atoms. The molecule has 0 aliphatic carbocycles. The molecule has 0 unspecified atom stereocenters. The molecule has 0 saturated carbocycles. The van der Waals surface area contributed by atoms with Gasteiger partial charge >= 0.3 is 6.18 Å². The van der Waals surface area contributed by atoms with Gasteiger partial charge in [0.1, 0.15) is 0 Å². The van der Waals surface area contributed by atoms with Gasteiger partial charge in [-0.25, -0.2) is 0 Å². The smallest absolute Gasteiger partial charge is 0.330 e. The van der Waals surface area contributed by atoms with Crippen molar-refractivity contribution in [1.29, 1.82) is 0 Å². The van der Waals surface area contributed by atoms with Crippen molar-refractivity contribution in [2.24, 2.45) is 5.73 Å². The summed E-state index contributed by atoms with van der Waals surface area (Å²) in [6.07, 6.45) is -4.12. The summed E-state index contributed by atoms with van der Waals surface area (Å²) in [6.45, 7) is 0.320. The standard InChI is InChI=1S/C12H11F3N2O/c13-12(14,15)9-3-1-2-7-6-8(4-5-16)17-11(18)10(7)9/h1-3,6H,4-5,16H2,(H,17,18). The van der Waals surface area contributed by atoms with Gasteiger partial charge in [0.05, 0.1) is 10.9 Å². The first-order chi connectivity index (χ1) is 8.43. The number of rotatable bonds is 2. The van der Waals surface area contributed by atoms with Crippen LogP contribution >= 0.6 is 0 Å². The van der Waals surface area contributed by atoms with E-state index in [2.05, 4.69) is 4.98 Å². The van der Waals surface area contributed by atoms with Crippen molar-refractivity contribution in [3.63, 3.8) is 0 Å². The average Bonchev–Trinajstić information content (AvgIpc) is 2.27. The van der Waals surface area contributed by atoms with Crippen LogP contribution in [0.1, 0.15) is 11.3 Å². The fourth-order valence-corrected chi connectivity index (χ4v) is 1.90. The summed E-state index contributed by atoms with van der Waals surface area (Å²) in [7, 11) is 0. The van der Waals surface area contributed by atoms with Gasteiger partial charge < -0.3 is 10.7 Å². The molecule has 0 amide bonds. The van der Waals surface area contributed by atoms with Crippen LogP contribution in [0.5, 0.6) is 0 Å². The first-order valence-corrected chi connectivity index (χ1v) is 5.35. The molecular formula is C12H11F3N2O. The zero-order valence-electron chi connectivity index (χ0n) is 9.34. The molecule has 2 aromatic rings. The lowest BCUT2D eigenvalue weighted by Gasteiger charge is -2.10. The Labute approximate surface area is 100 Å². The maximum absolute atomic E-state index is 12.8. The van der Waals surface area contributed by atoms with Crippen molar-refractivity contribution in [1.82, 2.24) is 4.98 Å². The molecule has 3 nitrogen and oxygen atoms in total. The normalized spacial score (nSPS) is 12.0. The van der Waals surface area contributed by atoms with Crippen LogP contribution in [-0.4, -0.2) is 11.5 Å². The van der Waals surface area contributed by atoms with Crippen LogP contribution in [-0.2, 0) is 12.6 Å². The van der Waals surface area contributed by atoms with Gasteiger partial charge in [-0.3, -0.25) is 4.79 Å². The summed E-state index contributed by atoms with van der Waals surface area (Å²) in [4.78, 5) is 14.2. The number of nitrogens with two attached hydrogens (primary N) is 1. The Kier molecular flexibility index (Phi) is 3.13. The average molecular weight is 256 g/mol. The predicted molar refractivity (Wildman–Crippen MR) is 62.3 cm³/mol. The Bertz CT molecular complexity index is 631. The maximum atomic E-state index is 12.8. The molecular weight excluding hydrogens is 245 g/mol. The number of aromatic nitrogens is 1. The second kappa shape index (κ2) is 4.45. The van der Waals surface area contributed by atoms with Crippen molar-refractivity contribution < 1.29 is 13.2 Å². The minimum atomic E-state index is -4.54. The van der Waals surface area contributed by atoms with Crippen LogP contribution in [0, 0.1) is 0 Å². The highest BCUT2D eigenvalue weighted by Gasteiger charge is 2.33. The zero-order valence-corrected chi connectivity index (χ0v) is 9.34. The van der Waals surface area contributed by atoms with Gasteiger partial charge in [0.2, 0.25) is 0 Å². The lowest BCUT2D eigenvalue weighted by atomic mass is 10.0. The van der Waals surface area contributed by atoms with E-state index in [4.69, 9.17) is 5.73 Å². The summed E-state index contributed by atoms with van der Waals surface area (Å²) in [6, 6.07) is 5.20. The monoisotopic (exact) mass is 256 g/mol. The topological polar surface area (TPSA) is 58.9 Å². The summed E-state index contributed by atoms with van der Waals surface area (Å²) in [5.41, 5.74) is 4.24. The molecule has 0 aliphatic rings. The van der Waals surface area contributed by atoms with E-state index in [1.807, 2.05) is 0 Å². The fraction of sp³-hybridized carbons (Fsp3) is 0.250. The number of fused-ring (bicyclic) bond motifs is 1. The molecule has 1 heterocycles. The molecule has 1 aromatic heterocycles. The molecule has 0 bridgehead atoms. The lowest BCUT2D eigenvalue weighted by Crippen LogP contribution is -2.17. The number of halogens is 3. The summed E-state index contributed by atoms with van der Waals surface area (Å²) in [5, 5.41) is -0.0530. The summed E-state index contributed by atoms with van der Waals surface area (Å²) >= 11 is 0. The third-order valence-corrected chi connectivity index (χ3v) is 2.65. The Morgan fingerprint density at radius 2 is 2.00 bits per heavy atom. The van der Waals surface area contributed by atoms with Gasteiger partial charge in [0.15, 0.2) is 0 Å². The second-order valence-electron chi connectivity index (χ2n) is 3.93. The lowest BCUT2D eigenvalue weighted by molar-refractivity contribution is -0.136. The van der Waals surface area contributed by atoms with Crippen LogP contribution in [0.3, 0.4) is 0 Å². The molecule has 0 aliphatic heterocycles. The molecule has 0 radical (unpaired) electrons. The molecule has 0 atom stereocenters. The van der Waals surface area contributed by atoms with E-state index in [0.29, 0.717) is 18.7 Å². The van der Waals surface area contributed by atoms with Gasteiger partial charge in [0, 0.05) is 5.69 Å². The van der Waals surface area contributed by atoms with E-state index in [0.717, 1.165) is 6.07 Å². The van der Waals surface area contributed by atoms with E-state index in [-0.39, 0.29) is 10.8 Å². The molecule has 0 fully saturated rings. The number of hydrogen-bond donors (Lipinski definition) is 2. The number of aromatic amines is 1. The summed E-state index contributed by atoms with van der Waals surface area (Å²) < 4.78 is 38.3. The Hall–Kier alpha value is -1.82. The molecule has 6 heteroatoms. The van der Waals surface area contributed by atoms with Crippen molar-refractivity contribution in [3.8, 4) is 0 Å². The SMILES string of the molecule is NCCc1cc2cccc(C(F)(F)F)c2c(=O)[nH]1. The minimum absolute atomic E-state index is 0.275. The van der Waals surface area contributed by atoms with Gasteiger partial charge in [-0.05, 0) is 30.5 Å². The Morgan fingerprint density at radius 1 is 1.28 bits per heavy atom. The van der Waals surface area contributed by atoms with E-state index >= 15 is 0 Å². The highest BCUT2D eigenvalue weighted by Crippen LogP contribution is 2.33. The number of alkyl halides is 3. The minimum Gasteiger partial charge on any atom is -0.330 e. The van der Waals surface area contributed by atoms with Gasteiger partial charge in [-0.2, -0.15) is 13.2 Å². The van der Waals surface area contributed by atoms with E-state index < -0.39 is 17.3 Å². The van der Waals surface area contributed by atoms with Gasteiger partial charge in [-0.1, -0.05) is 12.1 Å². The van der Waals surface area contributed by atoms with Crippen LogP contribution < -0.4 is 11.3 Å². The molecule has 0 spiro atoms. The highest BCUT2D eigenvalue weighted by molar-refractivity contribution is 5.85. The van der Waals surface area contributed by atoms with Gasteiger partial charge in [-0.15, -0.1) is 0 Å². The quantitative estimate of drug-likeness (QED) is 0.863. The van der Waals surface area contributed by atoms with E-state index in [9.17, 15) is 18.0 Å². The third kappa shape index (κ3) is 2.24. The summed E-state index contributed by atoms with van der Waals surface area (Å²) in [5.74, 6) is 0. The zero-order chi connectivity index (χ0) is 13.3. The maximum Gasteiger partial charge on any atom is 0.417 e. The first kappa shape index (κ1) is 12.6. The van der Waals surface area contributed by atoms with E-state index in [1.54, 1.807) is 0 Å². The molecule has 96 valence electrons. The Balaban J connectivity index is 2.76. The van der Waals surface area contributed by atoms with Crippen LogP contribution in [0.2, 0.25) is 0 Å². The number of H-pyrrole nitrogens is 1. The van der Waals surface area contributed by atoms with Gasteiger partial charge in [0.25, 0.3) is 5.56 Å². The van der Waals surface area contributed by atoms with Crippen molar-refractivity contribution in [3.05, 3.63) is 45.9 Å².